The highest BCUT2D eigenvalue weighted by Gasteiger charge is 1.99. The fourth-order valence-electron chi connectivity index (χ4n) is 0. The second kappa shape index (κ2) is 5.64. The van der Waals surface area contributed by atoms with Crippen molar-refractivity contribution < 1.29 is 0 Å². The summed E-state index contributed by atoms with van der Waals surface area (Å²) in [6.45, 7) is 10.4. The van der Waals surface area contributed by atoms with Crippen molar-refractivity contribution in [1.82, 2.24) is 0 Å². The first-order valence-electron chi connectivity index (χ1n) is 3.10. The molecule has 8 heavy (non-hydrogen) atoms. The van der Waals surface area contributed by atoms with Crippen LogP contribution in [0, 0.1) is 0 Å². The Bertz CT molecular complexity index is 32.3. The number of hydrogen-bond donors (Lipinski definition) is 0. The monoisotopic (exact) mass is 152 g/mol. The van der Waals surface area contributed by atoms with Crippen molar-refractivity contribution in [1.29, 1.82) is 0 Å². The van der Waals surface area contributed by atoms with Gasteiger partial charge in [0, 0.05) is 14.4 Å². The lowest BCUT2D eigenvalue weighted by Gasteiger charge is -2.01. The summed E-state index contributed by atoms with van der Waals surface area (Å²) in [4.78, 5) is -0.0278. The molecular formula is C6H17ClSi. The van der Waals surface area contributed by atoms with Gasteiger partial charge in [-0.15, -0.1) is 11.6 Å². The summed E-state index contributed by atoms with van der Waals surface area (Å²) in [6.07, 6.45) is 0. The second-order valence-electron chi connectivity index (χ2n) is 2.77. The Hall–Kier alpha value is 0.507. The van der Waals surface area contributed by atoms with Crippen LogP contribution in [0.4, 0.5) is 0 Å². The maximum Gasteiger partial charge on any atom is 0.0362 e. The minimum atomic E-state index is -0.0278. The summed E-state index contributed by atoms with van der Waals surface area (Å²) in [5, 5.41) is 0. The van der Waals surface area contributed by atoms with Crippen molar-refractivity contribution in [2.75, 3.05) is 0 Å². The summed E-state index contributed by atoms with van der Waals surface area (Å²) >= 11 is 5.53. The van der Waals surface area contributed by atoms with Crippen molar-refractivity contribution in [3.8, 4) is 0 Å². The Morgan fingerprint density at radius 1 is 1.12 bits per heavy atom. The van der Waals surface area contributed by atoms with E-state index in [2.05, 4.69) is 13.1 Å². The van der Waals surface area contributed by atoms with Gasteiger partial charge in [0.1, 0.15) is 0 Å². The van der Waals surface area contributed by atoms with Gasteiger partial charge in [-0.1, -0.05) is 13.1 Å². The molecule has 0 saturated heterocycles. The molecule has 0 N–H and O–H groups in total. The van der Waals surface area contributed by atoms with Gasteiger partial charge in [0.05, 0.1) is 0 Å². The fourth-order valence-corrected chi connectivity index (χ4v) is 0. The maximum atomic E-state index is 5.53. The molecule has 2 heteroatoms. The molecule has 0 rings (SSSR count). The van der Waals surface area contributed by atoms with E-state index in [0.29, 0.717) is 9.52 Å². The highest BCUT2D eigenvalue weighted by atomic mass is 35.5. The molecule has 0 aliphatic heterocycles. The van der Waals surface area contributed by atoms with E-state index in [1.54, 1.807) is 0 Å². The Morgan fingerprint density at radius 3 is 1.12 bits per heavy atom. The third kappa shape index (κ3) is 768. The van der Waals surface area contributed by atoms with Crippen molar-refractivity contribution >= 4 is 21.1 Å². The zero-order valence-corrected chi connectivity index (χ0v) is 8.76. The van der Waals surface area contributed by atoms with Crippen molar-refractivity contribution in [3.63, 3.8) is 0 Å². The molecule has 0 aromatic rings. The Morgan fingerprint density at radius 2 is 1.12 bits per heavy atom. The molecule has 0 unspecified atom stereocenters. The van der Waals surface area contributed by atoms with E-state index in [4.69, 9.17) is 11.6 Å². The van der Waals surface area contributed by atoms with E-state index in [1.165, 1.54) is 0 Å². The molecule has 0 aromatic heterocycles. The average molecular weight is 153 g/mol. The molecule has 0 aromatic carbocycles. The third-order valence-electron chi connectivity index (χ3n) is 0. The molecule has 0 amide bonds. The second-order valence-corrected chi connectivity index (χ2v) is 5.32. The standard InChI is InChI=1S/C4H9Cl.C2H8Si/c1-4(2,3)5;1-3-2/h1-3H3;3H2,1-2H3. The first kappa shape index (κ1) is 11.3. The molecular weight excluding hydrogens is 136 g/mol. The fraction of sp³-hybridized carbons (Fsp3) is 1.00. The molecule has 0 atom stereocenters. The number of halogens is 1. The summed E-state index contributed by atoms with van der Waals surface area (Å²) in [5.74, 6) is 0. The predicted molar refractivity (Wildman–Crippen MR) is 45.9 cm³/mol. The lowest BCUT2D eigenvalue weighted by Crippen LogP contribution is -1.99. The highest BCUT2D eigenvalue weighted by molar-refractivity contribution is 6.31. The van der Waals surface area contributed by atoms with Gasteiger partial charge in [0.25, 0.3) is 0 Å². The SMILES string of the molecule is CC(C)(C)Cl.C[SiH2]C. The predicted octanol–water partition coefficient (Wildman–Crippen LogP) is 2.28. The zero-order valence-electron chi connectivity index (χ0n) is 6.59. The largest absolute Gasteiger partial charge is 0.120 e. The van der Waals surface area contributed by atoms with Crippen LogP contribution in [-0.4, -0.2) is 14.4 Å². The molecule has 0 fully saturated rings. The van der Waals surface area contributed by atoms with Crippen LogP contribution < -0.4 is 0 Å². The van der Waals surface area contributed by atoms with Gasteiger partial charge in [0.15, 0.2) is 0 Å². The summed E-state index contributed by atoms with van der Waals surface area (Å²) in [6, 6.07) is 0. The van der Waals surface area contributed by atoms with Crippen molar-refractivity contribution in [2.45, 2.75) is 38.7 Å². The average Bonchev–Trinajstić information content (AvgIpc) is 1.27. The van der Waals surface area contributed by atoms with E-state index in [9.17, 15) is 0 Å². The molecule has 0 aliphatic carbocycles. The molecule has 0 nitrogen and oxygen atoms in total. The number of rotatable bonds is 0. The molecule has 0 radical (unpaired) electrons. The van der Waals surface area contributed by atoms with Crippen molar-refractivity contribution in [2.24, 2.45) is 0 Å². The smallest absolute Gasteiger partial charge is 0.0362 e. The van der Waals surface area contributed by atoms with Gasteiger partial charge in [-0.25, -0.2) is 0 Å². The van der Waals surface area contributed by atoms with Crippen molar-refractivity contribution in [3.05, 3.63) is 0 Å². The van der Waals surface area contributed by atoms with Gasteiger partial charge < -0.3 is 0 Å². The summed E-state index contributed by atoms with van der Waals surface area (Å²) < 4.78 is 0. The molecule has 0 aliphatic rings. The number of hydrogen-bond acceptors (Lipinski definition) is 0. The summed E-state index contributed by atoms with van der Waals surface area (Å²) in [7, 11) is 0.417. The van der Waals surface area contributed by atoms with Crippen LogP contribution in [0.1, 0.15) is 20.8 Å². The Balaban J connectivity index is 0. The normalized spacial score (nSPS) is 9.75. The van der Waals surface area contributed by atoms with Crippen LogP contribution in [0.3, 0.4) is 0 Å². The highest BCUT2D eigenvalue weighted by Crippen LogP contribution is 2.07. The maximum absolute atomic E-state index is 5.53. The Labute approximate surface area is 60.4 Å². The van der Waals surface area contributed by atoms with Gasteiger partial charge in [-0.05, 0) is 20.8 Å². The van der Waals surface area contributed by atoms with Gasteiger partial charge >= 0.3 is 0 Å². The lowest BCUT2D eigenvalue weighted by molar-refractivity contribution is 0.788. The summed E-state index contributed by atoms with van der Waals surface area (Å²) in [5.41, 5.74) is 0. The van der Waals surface area contributed by atoms with Gasteiger partial charge in [-0.2, -0.15) is 0 Å². The molecule has 0 heterocycles. The van der Waals surface area contributed by atoms with E-state index < -0.39 is 0 Å². The molecule has 0 saturated carbocycles. The topological polar surface area (TPSA) is 0 Å². The third-order valence-corrected chi connectivity index (χ3v) is 0. The van der Waals surface area contributed by atoms with Crippen LogP contribution in [-0.2, 0) is 0 Å². The van der Waals surface area contributed by atoms with E-state index in [1.807, 2.05) is 20.8 Å². The van der Waals surface area contributed by atoms with Crippen LogP contribution in [0.5, 0.6) is 0 Å². The van der Waals surface area contributed by atoms with Gasteiger partial charge in [-0.3, -0.25) is 0 Å². The molecule has 0 bridgehead atoms. The Kier molecular flexibility index (Phi) is 7.98. The first-order valence-corrected chi connectivity index (χ1v) is 6.31. The van der Waals surface area contributed by atoms with E-state index in [-0.39, 0.29) is 4.87 Å². The van der Waals surface area contributed by atoms with Crippen LogP contribution in [0.25, 0.3) is 0 Å². The van der Waals surface area contributed by atoms with Crippen LogP contribution >= 0.6 is 11.6 Å². The number of alkyl halides is 1. The van der Waals surface area contributed by atoms with E-state index in [0.717, 1.165) is 0 Å². The van der Waals surface area contributed by atoms with Gasteiger partial charge in [0.2, 0.25) is 0 Å². The zero-order chi connectivity index (χ0) is 7.21. The molecule has 52 valence electrons. The first-order chi connectivity index (χ1) is 3.41. The van der Waals surface area contributed by atoms with Crippen LogP contribution in [0.15, 0.2) is 0 Å². The minimum absolute atomic E-state index is 0.0278. The van der Waals surface area contributed by atoms with Crippen LogP contribution in [0.2, 0.25) is 13.1 Å². The molecule has 0 spiro atoms. The van der Waals surface area contributed by atoms with E-state index >= 15 is 0 Å². The minimum Gasteiger partial charge on any atom is -0.120 e. The quantitative estimate of drug-likeness (QED) is 0.369. The lowest BCUT2D eigenvalue weighted by atomic mass is 10.3.